The third kappa shape index (κ3) is 5.10. The van der Waals surface area contributed by atoms with E-state index in [1.807, 2.05) is 25.1 Å². The van der Waals surface area contributed by atoms with Gasteiger partial charge in [0.1, 0.15) is 5.82 Å². The number of carbonyl (C=O) groups excluding carboxylic acids is 2. The van der Waals surface area contributed by atoms with E-state index in [4.69, 9.17) is 0 Å². The fourth-order valence-corrected chi connectivity index (χ4v) is 2.02. The van der Waals surface area contributed by atoms with Gasteiger partial charge < -0.3 is 16.0 Å². The number of amides is 3. The molecule has 23 heavy (non-hydrogen) atoms. The third-order valence-corrected chi connectivity index (χ3v) is 3.18. The molecule has 0 aliphatic carbocycles. The second-order valence-electron chi connectivity index (χ2n) is 4.87. The van der Waals surface area contributed by atoms with Gasteiger partial charge in [-0.2, -0.15) is 0 Å². The third-order valence-electron chi connectivity index (χ3n) is 3.18. The summed E-state index contributed by atoms with van der Waals surface area (Å²) >= 11 is 0. The molecule has 0 unspecified atom stereocenters. The predicted octanol–water partition coefficient (Wildman–Crippen LogP) is 3.15. The summed E-state index contributed by atoms with van der Waals surface area (Å²) in [4.78, 5) is 23.6. The maximum atomic E-state index is 12.8. The molecular formula is C17H18FN3O2. The maximum absolute atomic E-state index is 12.8. The Bertz CT molecular complexity index is 686. The molecule has 0 aromatic heterocycles. The van der Waals surface area contributed by atoms with E-state index in [9.17, 15) is 14.0 Å². The Morgan fingerprint density at radius 3 is 2.39 bits per heavy atom. The van der Waals surface area contributed by atoms with Gasteiger partial charge in [-0.1, -0.05) is 25.1 Å². The molecule has 2 aromatic rings. The molecule has 3 N–H and O–H groups in total. The fraction of sp³-hybridized carbons (Fsp3) is 0.176. The van der Waals surface area contributed by atoms with E-state index < -0.39 is 11.9 Å². The van der Waals surface area contributed by atoms with E-state index in [1.54, 1.807) is 6.07 Å². The zero-order valence-corrected chi connectivity index (χ0v) is 12.7. The lowest BCUT2D eigenvalue weighted by Crippen LogP contribution is -2.36. The molecule has 0 aliphatic heterocycles. The maximum Gasteiger partial charge on any atom is 0.319 e. The van der Waals surface area contributed by atoms with Gasteiger partial charge in [0, 0.05) is 11.4 Å². The van der Waals surface area contributed by atoms with Gasteiger partial charge in [-0.3, -0.25) is 4.79 Å². The molecule has 3 amide bonds. The lowest BCUT2D eigenvalue weighted by molar-refractivity contribution is -0.115. The summed E-state index contributed by atoms with van der Waals surface area (Å²) in [5, 5.41) is 7.75. The molecule has 6 heteroatoms. The molecule has 5 nitrogen and oxygen atoms in total. The van der Waals surface area contributed by atoms with Crippen LogP contribution in [-0.4, -0.2) is 18.5 Å². The smallest absolute Gasteiger partial charge is 0.319 e. The van der Waals surface area contributed by atoms with Crippen LogP contribution in [0.3, 0.4) is 0 Å². The van der Waals surface area contributed by atoms with Crippen LogP contribution < -0.4 is 16.0 Å². The number of urea groups is 1. The summed E-state index contributed by atoms with van der Waals surface area (Å²) in [6.07, 6.45) is 0.793. The highest BCUT2D eigenvalue weighted by Crippen LogP contribution is 2.15. The van der Waals surface area contributed by atoms with Crippen LogP contribution in [0, 0.1) is 5.82 Å². The lowest BCUT2D eigenvalue weighted by atomic mass is 10.1. The molecule has 0 aliphatic rings. The quantitative estimate of drug-likeness (QED) is 0.793. The normalized spacial score (nSPS) is 10.0. The average molecular weight is 315 g/mol. The molecule has 2 rings (SSSR count). The van der Waals surface area contributed by atoms with Crippen molar-refractivity contribution in [2.24, 2.45) is 0 Å². The molecule has 120 valence electrons. The number of benzene rings is 2. The number of rotatable bonds is 5. The highest BCUT2D eigenvalue weighted by molar-refractivity contribution is 5.97. The van der Waals surface area contributed by atoms with Gasteiger partial charge in [0.2, 0.25) is 5.91 Å². The summed E-state index contributed by atoms with van der Waals surface area (Å²) in [6.45, 7) is 1.81. The minimum atomic E-state index is -0.458. The van der Waals surface area contributed by atoms with Gasteiger partial charge in [0.25, 0.3) is 0 Å². The van der Waals surface area contributed by atoms with Crippen LogP contribution in [0.1, 0.15) is 12.5 Å². The van der Waals surface area contributed by atoms with Crippen molar-refractivity contribution in [2.45, 2.75) is 13.3 Å². The molecule has 0 spiro atoms. The topological polar surface area (TPSA) is 70.2 Å². The van der Waals surface area contributed by atoms with Crippen LogP contribution in [0.4, 0.5) is 20.6 Å². The second kappa shape index (κ2) is 7.93. The molecule has 0 saturated heterocycles. The summed E-state index contributed by atoms with van der Waals surface area (Å²) in [6, 6.07) is 12.4. The molecule has 0 saturated carbocycles. The molecule has 2 aromatic carbocycles. The van der Waals surface area contributed by atoms with Crippen LogP contribution in [0.25, 0.3) is 0 Å². The highest BCUT2D eigenvalue weighted by Gasteiger charge is 2.08. The zero-order chi connectivity index (χ0) is 16.7. The monoisotopic (exact) mass is 315 g/mol. The van der Waals surface area contributed by atoms with Gasteiger partial charge in [-0.25, -0.2) is 9.18 Å². The Balaban J connectivity index is 1.82. The zero-order valence-electron chi connectivity index (χ0n) is 12.7. The Hall–Kier alpha value is -2.89. The summed E-state index contributed by atoms with van der Waals surface area (Å²) in [7, 11) is 0. The van der Waals surface area contributed by atoms with E-state index in [-0.39, 0.29) is 12.4 Å². The van der Waals surface area contributed by atoms with Gasteiger partial charge in [0.15, 0.2) is 0 Å². The van der Waals surface area contributed by atoms with Crippen LogP contribution in [-0.2, 0) is 11.2 Å². The number of anilines is 2. The largest absolute Gasteiger partial charge is 0.329 e. The van der Waals surface area contributed by atoms with Crippen molar-refractivity contribution in [1.29, 1.82) is 0 Å². The van der Waals surface area contributed by atoms with Gasteiger partial charge >= 0.3 is 6.03 Å². The van der Waals surface area contributed by atoms with Crippen molar-refractivity contribution >= 4 is 23.3 Å². The standard InChI is InChI=1S/C17H18FN3O2/c1-2-12-5-3-4-6-15(12)21-17(23)19-11-16(22)20-14-9-7-13(18)8-10-14/h3-10H,2,11H2,1H3,(H,20,22)(H2,19,21,23). The van der Waals surface area contributed by atoms with E-state index in [1.165, 1.54) is 24.3 Å². The summed E-state index contributed by atoms with van der Waals surface area (Å²) < 4.78 is 12.8. The first-order valence-corrected chi connectivity index (χ1v) is 7.26. The van der Waals surface area contributed by atoms with E-state index in [2.05, 4.69) is 16.0 Å². The first-order chi connectivity index (χ1) is 11.1. The van der Waals surface area contributed by atoms with Crippen LogP contribution in [0.2, 0.25) is 0 Å². The van der Waals surface area contributed by atoms with Crippen molar-refractivity contribution in [2.75, 3.05) is 17.2 Å². The lowest BCUT2D eigenvalue weighted by Gasteiger charge is -2.11. The van der Waals surface area contributed by atoms with Crippen molar-refractivity contribution in [3.8, 4) is 0 Å². The van der Waals surface area contributed by atoms with Crippen molar-refractivity contribution < 1.29 is 14.0 Å². The SMILES string of the molecule is CCc1ccccc1NC(=O)NCC(=O)Nc1ccc(F)cc1. The van der Waals surface area contributed by atoms with Crippen LogP contribution in [0.5, 0.6) is 0 Å². The Kier molecular flexibility index (Phi) is 5.68. The van der Waals surface area contributed by atoms with E-state index >= 15 is 0 Å². The minimum absolute atomic E-state index is 0.183. The average Bonchev–Trinajstić information content (AvgIpc) is 2.55. The van der Waals surface area contributed by atoms with Crippen molar-refractivity contribution in [1.82, 2.24) is 5.32 Å². The van der Waals surface area contributed by atoms with Gasteiger partial charge in [0.05, 0.1) is 6.54 Å². The second-order valence-corrected chi connectivity index (χ2v) is 4.87. The highest BCUT2D eigenvalue weighted by atomic mass is 19.1. The van der Waals surface area contributed by atoms with Crippen LogP contribution in [0.15, 0.2) is 48.5 Å². The Labute approximate surface area is 133 Å². The molecule has 0 atom stereocenters. The van der Waals surface area contributed by atoms with Gasteiger partial charge in [-0.05, 0) is 42.3 Å². The summed E-state index contributed by atoms with van der Waals surface area (Å²) in [5.41, 5.74) is 2.19. The first kappa shape index (κ1) is 16.5. The molecule has 0 bridgehead atoms. The molecule has 0 heterocycles. The first-order valence-electron chi connectivity index (χ1n) is 7.26. The Morgan fingerprint density at radius 1 is 1.00 bits per heavy atom. The predicted molar refractivity (Wildman–Crippen MR) is 87.9 cm³/mol. The number of carbonyl (C=O) groups is 2. The van der Waals surface area contributed by atoms with Crippen molar-refractivity contribution in [3.05, 3.63) is 59.9 Å². The number of hydrogen-bond donors (Lipinski definition) is 3. The number of para-hydroxylation sites is 1. The van der Waals surface area contributed by atoms with Crippen LogP contribution >= 0.6 is 0 Å². The number of halogens is 1. The summed E-state index contributed by atoms with van der Waals surface area (Å²) in [5.74, 6) is -0.773. The number of aryl methyl sites for hydroxylation is 1. The fourth-order valence-electron chi connectivity index (χ4n) is 2.02. The van der Waals surface area contributed by atoms with Gasteiger partial charge in [-0.15, -0.1) is 0 Å². The Morgan fingerprint density at radius 2 is 1.70 bits per heavy atom. The molecule has 0 fully saturated rings. The van der Waals surface area contributed by atoms with E-state index in [0.29, 0.717) is 11.4 Å². The molecule has 0 radical (unpaired) electrons. The number of hydrogen-bond acceptors (Lipinski definition) is 2. The number of nitrogens with one attached hydrogen (secondary N) is 3. The van der Waals surface area contributed by atoms with E-state index in [0.717, 1.165) is 12.0 Å². The van der Waals surface area contributed by atoms with Crippen molar-refractivity contribution in [3.63, 3.8) is 0 Å². The minimum Gasteiger partial charge on any atom is -0.329 e. The molecular weight excluding hydrogens is 297 g/mol.